The molecule has 2 aromatic carbocycles. The van der Waals surface area contributed by atoms with Crippen LogP contribution in [0.3, 0.4) is 0 Å². The zero-order valence-electron chi connectivity index (χ0n) is 12.1. The monoisotopic (exact) mass is 330 g/mol. The lowest BCUT2D eigenvalue weighted by molar-refractivity contribution is 0.0554. The highest BCUT2D eigenvalue weighted by atomic mass is 32.2. The van der Waals surface area contributed by atoms with Crippen molar-refractivity contribution in [1.29, 1.82) is 5.26 Å². The molecular formula is C16H14N2O4S. The van der Waals surface area contributed by atoms with Crippen molar-refractivity contribution in [3.05, 3.63) is 65.7 Å². The Bertz CT molecular complexity index is 827. The van der Waals surface area contributed by atoms with Gasteiger partial charge in [0.1, 0.15) is 6.07 Å². The molecule has 0 unspecified atom stereocenters. The van der Waals surface area contributed by atoms with Gasteiger partial charge >= 0.3 is 5.97 Å². The standard InChI is InChI=1S/C16H14N2O4S/c17-9-10-22-16(19)14-7-4-8-15(11-14)23(20,21)18-12-13-5-2-1-3-6-13/h1-8,11,18H,10,12H2. The molecule has 2 aromatic rings. The van der Waals surface area contributed by atoms with Crippen LogP contribution in [0.5, 0.6) is 0 Å². The molecule has 1 N–H and O–H groups in total. The van der Waals surface area contributed by atoms with E-state index in [0.29, 0.717) is 0 Å². The predicted octanol–water partition coefficient (Wildman–Crippen LogP) is 1.85. The molecule has 0 bridgehead atoms. The van der Waals surface area contributed by atoms with Gasteiger partial charge in [0.2, 0.25) is 10.0 Å². The average Bonchev–Trinajstić information content (AvgIpc) is 2.59. The van der Waals surface area contributed by atoms with E-state index in [1.807, 2.05) is 18.2 Å². The van der Waals surface area contributed by atoms with E-state index in [1.54, 1.807) is 18.2 Å². The number of hydrogen-bond acceptors (Lipinski definition) is 5. The number of benzene rings is 2. The van der Waals surface area contributed by atoms with E-state index in [9.17, 15) is 13.2 Å². The maximum absolute atomic E-state index is 12.3. The molecule has 0 fully saturated rings. The van der Waals surface area contributed by atoms with E-state index in [1.165, 1.54) is 24.3 Å². The minimum atomic E-state index is -3.76. The first kappa shape index (κ1) is 16.7. The minimum Gasteiger partial charge on any atom is -0.447 e. The van der Waals surface area contributed by atoms with Crippen molar-refractivity contribution in [2.75, 3.05) is 6.61 Å². The number of rotatable bonds is 6. The first-order valence-corrected chi connectivity index (χ1v) is 8.19. The van der Waals surface area contributed by atoms with Gasteiger partial charge < -0.3 is 4.74 Å². The molecule has 0 aliphatic carbocycles. The minimum absolute atomic E-state index is 0.0418. The van der Waals surface area contributed by atoms with E-state index < -0.39 is 16.0 Å². The molecule has 0 saturated heterocycles. The van der Waals surface area contributed by atoms with Crippen LogP contribution in [-0.2, 0) is 21.3 Å². The van der Waals surface area contributed by atoms with Crippen molar-refractivity contribution >= 4 is 16.0 Å². The molecule has 118 valence electrons. The third-order valence-corrected chi connectivity index (χ3v) is 4.36. The molecule has 23 heavy (non-hydrogen) atoms. The van der Waals surface area contributed by atoms with Gasteiger partial charge in [-0.25, -0.2) is 17.9 Å². The van der Waals surface area contributed by atoms with Gasteiger partial charge in [0.15, 0.2) is 6.61 Å². The Balaban J connectivity index is 2.13. The summed E-state index contributed by atoms with van der Waals surface area (Å²) in [4.78, 5) is 11.6. The maximum Gasteiger partial charge on any atom is 0.339 e. The summed E-state index contributed by atoms with van der Waals surface area (Å²) in [6.45, 7) is -0.242. The van der Waals surface area contributed by atoms with Crippen molar-refractivity contribution in [3.63, 3.8) is 0 Å². The van der Waals surface area contributed by atoms with Gasteiger partial charge in [-0.1, -0.05) is 36.4 Å². The van der Waals surface area contributed by atoms with Gasteiger partial charge in [-0.3, -0.25) is 0 Å². The molecule has 0 aliphatic heterocycles. The Kier molecular flexibility index (Phi) is 5.46. The Hall–Kier alpha value is -2.69. The fourth-order valence-electron chi connectivity index (χ4n) is 1.83. The second-order valence-electron chi connectivity index (χ2n) is 4.57. The van der Waals surface area contributed by atoms with Crippen LogP contribution in [0.4, 0.5) is 0 Å². The van der Waals surface area contributed by atoms with Crippen LogP contribution in [0, 0.1) is 11.3 Å². The normalized spacial score (nSPS) is 10.7. The number of sulfonamides is 1. The first-order valence-electron chi connectivity index (χ1n) is 6.70. The summed E-state index contributed by atoms with van der Waals surface area (Å²) in [5, 5.41) is 8.39. The SMILES string of the molecule is N#CCOC(=O)c1cccc(S(=O)(=O)NCc2ccccc2)c1. The summed E-state index contributed by atoms with van der Waals surface area (Å²) >= 11 is 0. The van der Waals surface area contributed by atoms with Crippen LogP contribution in [0.2, 0.25) is 0 Å². The first-order chi connectivity index (χ1) is 11.0. The van der Waals surface area contributed by atoms with Crippen LogP contribution in [0.25, 0.3) is 0 Å². The van der Waals surface area contributed by atoms with Crippen molar-refractivity contribution < 1.29 is 17.9 Å². The van der Waals surface area contributed by atoms with Gasteiger partial charge in [0, 0.05) is 6.54 Å². The van der Waals surface area contributed by atoms with Crippen LogP contribution in [0.1, 0.15) is 15.9 Å². The maximum atomic E-state index is 12.3. The Morgan fingerprint density at radius 1 is 1.13 bits per heavy atom. The fraction of sp³-hybridized carbons (Fsp3) is 0.125. The van der Waals surface area contributed by atoms with Crippen molar-refractivity contribution in [2.24, 2.45) is 0 Å². The zero-order valence-corrected chi connectivity index (χ0v) is 12.9. The number of ether oxygens (including phenoxy) is 1. The van der Waals surface area contributed by atoms with E-state index in [2.05, 4.69) is 9.46 Å². The molecule has 0 saturated carbocycles. The zero-order chi connectivity index (χ0) is 16.7. The molecule has 0 spiro atoms. The number of carbonyl (C=O) groups is 1. The lowest BCUT2D eigenvalue weighted by atomic mass is 10.2. The highest BCUT2D eigenvalue weighted by molar-refractivity contribution is 7.89. The molecular weight excluding hydrogens is 316 g/mol. The molecule has 0 amide bonds. The van der Waals surface area contributed by atoms with Crippen LogP contribution >= 0.6 is 0 Å². The van der Waals surface area contributed by atoms with Gasteiger partial charge in [-0.05, 0) is 23.8 Å². The summed E-state index contributed by atoms with van der Waals surface area (Å²) in [6, 6.07) is 16.2. The molecule has 0 atom stereocenters. The van der Waals surface area contributed by atoms with Gasteiger partial charge in [-0.2, -0.15) is 5.26 Å². The number of esters is 1. The van der Waals surface area contributed by atoms with E-state index in [0.717, 1.165) is 5.56 Å². The number of carbonyl (C=O) groups excluding carboxylic acids is 1. The van der Waals surface area contributed by atoms with E-state index in [4.69, 9.17) is 5.26 Å². The molecule has 0 heterocycles. The highest BCUT2D eigenvalue weighted by Gasteiger charge is 2.16. The number of nitriles is 1. The molecule has 2 rings (SSSR count). The second-order valence-corrected chi connectivity index (χ2v) is 6.34. The number of hydrogen-bond donors (Lipinski definition) is 1. The molecule has 7 heteroatoms. The van der Waals surface area contributed by atoms with Crippen LogP contribution in [0.15, 0.2) is 59.5 Å². The van der Waals surface area contributed by atoms with Crippen LogP contribution in [-0.4, -0.2) is 21.0 Å². The molecule has 6 nitrogen and oxygen atoms in total. The largest absolute Gasteiger partial charge is 0.447 e. The quantitative estimate of drug-likeness (QED) is 0.815. The summed E-state index contributed by atoms with van der Waals surface area (Å²) in [5.74, 6) is -0.744. The second kappa shape index (κ2) is 7.54. The highest BCUT2D eigenvalue weighted by Crippen LogP contribution is 2.13. The summed E-state index contributed by atoms with van der Waals surface area (Å²) in [5.41, 5.74) is 0.892. The molecule has 0 aliphatic rings. The number of nitrogens with zero attached hydrogens (tertiary/aromatic N) is 1. The topological polar surface area (TPSA) is 96.3 Å². The summed E-state index contributed by atoms with van der Waals surface area (Å²) < 4.78 is 31.7. The number of nitrogens with one attached hydrogen (secondary N) is 1. The van der Waals surface area contributed by atoms with Gasteiger partial charge in [0.25, 0.3) is 0 Å². The fourth-order valence-corrected chi connectivity index (χ4v) is 2.89. The van der Waals surface area contributed by atoms with Gasteiger partial charge in [0.05, 0.1) is 10.5 Å². The van der Waals surface area contributed by atoms with Gasteiger partial charge in [-0.15, -0.1) is 0 Å². The van der Waals surface area contributed by atoms with E-state index >= 15 is 0 Å². The smallest absolute Gasteiger partial charge is 0.339 e. The molecule has 0 aromatic heterocycles. The van der Waals surface area contributed by atoms with Crippen LogP contribution < -0.4 is 4.72 Å². The lowest BCUT2D eigenvalue weighted by Gasteiger charge is -2.08. The van der Waals surface area contributed by atoms with Crippen molar-refractivity contribution in [1.82, 2.24) is 4.72 Å². The Morgan fingerprint density at radius 2 is 1.87 bits per heavy atom. The third kappa shape index (κ3) is 4.64. The van der Waals surface area contributed by atoms with Crippen molar-refractivity contribution in [3.8, 4) is 6.07 Å². The Labute approximate surface area is 134 Å². The summed E-state index contributed by atoms with van der Waals surface area (Å²) in [7, 11) is -3.76. The molecule has 0 radical (unpaired) electrons. The van der Waals surface area contributed by atoms with E-state index in [-0.39, 0.29) is 23.6 Å². The van der Waals surface area contributed by atoms with Crippen molar-refractivity contribution in [2.45, 2.75) is 11.4 Å². The Morgan fingerprint density at radius 3 is 2.57 bits per heavy atom. The summed E-state index contributed by atoms with van der Waals surface area (Å²) in [6.07, 6.45) is 0. The average molecular weight is 330 g/mol. The third-order valence-electron chi connectivity index (χ3n) is 2.96. The predicted molar refractivity (Wildman–Crippen MR) is 82.8 cm³/mol. The lowest BCUT2D eigenvalue weighted by Crippen LogP contribution is -2.23.